The minimum Gasteiger partial charge on any atom is -0.381 e. The smallest absolute Gasteiger partial charge is 0.237 e. The molecule has 0 radical (unpaired) electrons. The first-order chi connectivity index (χ1) is 13.1. The van der Waals surface area contributed by atoms with Crippen molar-refractivity contribution in [1.29, 1.82) is 0 Å². The molecule has 4 rings (SSSR count). The van der Waals surface area contributed by atoms with Crippen LogP contribution in [-0.2, 0) is 16.0 Å². The highest BCUT2D eigenvalue weighted by molar-refractivity contribution is 7.15. The molecule has 1 aliphatic heterocycles. The van der Waals surface area contributed by atoms with E-state index in [4.69, 9.17) is 15.5 Å². The first kappa shape index (κ1) is 18.5. The van der Waals surface area contributed by atoms with E-state index in [0.29, 0.717) is 13.2 Å². The number of aryl methyl sites for hydroxylation is 1. The molecule has 2 aliphatic rings. The third-order valence-corrected chi connectivity index (χ3v) is 6.70. The summed E-state index contributed by atoms with van der Waals surface area (Å²) in [5.41, 5.74) is 8.16. The molecular formula is C20H24FN3O2S. The van der Waals surface area contributed by atoms with Gasteiger partial charge >= 0.3 is 0 Å². The van der Waals surface area contributed by atoms with Crippen molar-refractivity contribution >= 4 is 17.2 Å². The number of nitrogens with zero attached hydrogens (tertiary/aromatic N) is 1. The van der Waals surface area contributed by atoms with Gasteiger partial charge in [0.25, 0.3) is 0 Å². The number of halogens is 1. The second-order valence-electron chi connectivity index (χ2n) is 7.27. The number of aromatic nitrogens is 1. The lowest BCUT2D eigenvalue weighted by Gasteiger charge is -2.29. The topological polar surface area (TPSA) is 77.2 Å². The second kappa shape index (κ2) is 8.04. The highest BCUT2D eigenvalue weighted by Crippen LogP contribution is 2.38. The Morgan fingerprint density at radius 3 is 2.74 bits per heavy atom. The van der Waals surface area contributed by atoms with Crippen molar-refractivity contribution in [3.8, 4) is 10.6 Å². The van der Waals surface area contributed by atoms with E-state index in [1.807, 2.05) is 0 Å². The first-order valence-corrected chi connectivity index (χ1v) is 10.3. The van der Waals surface area contributed by atoms with Crippen LogP contribution in [0.5, 0.6) is 0 Å². The lowest BCUT2D eigenvalue weighted by Crippen LogP contribution is -2.48. The number of amides is 1. The Labute approximate surface area is 162 Å². The van der Waals surface area contributed by atoms with E-state index in [1.54, 1.807) is 23.5 Å². The third kappa shape index (κ3) is 4.05. The zero-order valence-corrected chi connectivity index (χ0v) is 15.9. The summed E-state index contributed by atoms with van der Waals surface area (Å²) in [4.78, 5) is 18.5. The molecule has 0 saturated carbocycles. The average molecular weight is 389 g/mol. The Hall–Kier alpha value is -1.83. The molecule has 2 aromatic rings. The van der Waals surface area contributed by atoms with E-state index in [9.17, 15) is 9.18 Å². The Morgan fingerprint density at radius 2 is 2.00 bits per heavy atom. The van der Waals surface area contributed by atoms with E-state index < -0.39 is 6.04 Å². The van der Waals surface area contributed by atoms with Crippen molar-refractivity contribution in [3.05, 3.63) is 40.7 Å². The number of nitrogens with one attached hydrogen (secondary N) is 1. The molecule has 5 nitrogen and oxygen atoms in total. The summed E-state index contributed by atoms with van der Waals surface area (Å²) < 4.78 is 18.5. The third-order valence-electron chi connectivity index (χ3n) is 5.43. The summed E-state index contributed by atoms with van der Waals surface area (Å²) in [5, 5.41) is 4.02. The molecule has 2 atom stereocenters. The number of rotatable bonds is 4. The van der Waals surface area contributed by atoms with Gasteiger partial charge in [-0.3, -0.25) is 4.79 Å². The van der Waals surface area contributed by atoms with Crippen LogP contribution in [0.25, 0.3) is 10.6 Å². The van der Waals surface area contributed by atoms with Gasteiger partial charge in [-0.2, -0.15) is 0 Å². The van der Waals surface area contributed by atoms with Crippen LogP contribution in [-0.4, -0.2) is 30.1 Å². The molecule has 0 bridgehead atoms. The van der Waals surface area contributed by atoms with Crippen molar-refractivity contribution in [2.24, 2.45) is 11.7 Å². The zero-order chi connectivity index (χ0) is 18.8. The van der Waals surface area contributed by atoms with E-state index in [0.717, 1.165) is 53.2 Å². The number of thiazole rings is 1. The number of ether oxygens (including phenoxy) is 1. The standard InChI is InChI=1S/C20H24FN3O2S/c21-14-6-4-13(5-7-14)20-24-16-3-1-2-15(18(16)27-20)23-19(25)17(22)12-8-10-26-11-9-12/h4-7,12,15,17H,1-3,8-11,22H2,(H,23,25). The van der Waals surface area contributed by atoms with Gasteiger partial charge < -0.3 is 15.8 Å². The van der Waals surface area contributed by atoms with Gasteiger partial charge in [0.1, 0.15) is 10.8 Å². The molecule has 27 heavy (non-hydrogen) atoms. The molecule has 1 amide bonds. The molecule has 1 fully saturated rings. The van der Waals surface area contributed by atoms with Crippen molar-refractivity contribution in [3.63, 3.8) is 0 Å². The maximum Gasteiger partial charge on any atom is 0.237 e. The molecule has 3 N–H and O–H groups in total. The van der Waals surface area contributed by atoms with Gasteiger partial charge in [0, 0.05) is 18.8 Å². The van der Waals surface area contributed by atoms with Crippen LogP contribution >= 0.6 is 11.3 Å². The zero-order valence-electron chi connectivity index (χ0n) is 15.1. The summed E-state index contributed by atoms with van der Waals surface area (Å²) in [6.07, 6.45) is 4.45. The van der Waals surface area contributed by atoms with Crippen molar-refractivity contribution in [2.45, 2.75) is 44.2 Å². The maximum absolute atomic E-state index is 13.2. The maximum atomic E-state index is 13.2. The van der Waals surface area contributed by atoms with E-state index in [2.05, 4.69) is 5.32 Å². The fourth-order valence-electron chi connectivity index (χ4n) is 3.83. The van der Waals surface area contributed by atoms with E-state index in [1.165, 1.54) is 12.1 Å². The Kier molecular flexibility index (Phi) is 5.52. The van der Waals surface area contributed by atoms with Gasteiger partial charge in [-0.05, 0) is 62.3 Å². The quantitative estimate of drug-likeness (QED) is 0.842. The largest absolute Gasteiger partial charge is 0.381 e. The fourth-order valence-corrected chi connectivity index (χ4v) is 5.03. The highest BCUT2D eigenvalue weighted by atomic mass is 32.1. The van der Waals surface area contributed by atoms with Crippen LogP contribution in [0.4, 0.5) is 4.39 Å². The molecule has 144 valence electrons. The summed E-state index contributed by atoms with van der Waals surface area (Å²) in [5.74, 6) is -0.165. The minimum atomic E-state index is -0.497. The van der Waals surface area contributed by atoms with E-state index in [-0.39, 0.29) is 23.7 Å². The summed E-state index contributed by atoms with van der Waals surface area (Å²) in [7, 11) is 0. The van der Waals surface area contributed by atoms with Crippen LogP contribution in [0.2, 0.25) is 0 Å². The van der Waals surface area contributed by atoms with Crippen molar-refractivity contribution < 1.29 is 13.9 Å². The van der Waals surface area contributed by atoms with Crippen molar-refractivity contribution in [2.75, 3.05) is 13.2 Å². The SMILES string of the molecule is NC(C(=O)NC1CCCc2nc(-c3ccc(F)cc3)sc21)C1CCOCC1. The molecule has 7 heteroatoms. The number of hydrogen-bond donors (Lipinski definition) is 2. The predicted molar refractivity (Wildman–Crippen MR) is 103 cm³/mol. The van der Waals surface area contributed by atoms with Crippen LogP contribution in [0.15, 0.2) is 24.3 Å². The van der Waals surface area contributed by atoms with E-state index >= 15 is 0 Å². The van der Waals surface area contributed by atoms with Gasteiger partial charge in [-0.15, -0.1) is 11.3 Å². The van der Waals surface area contributed by atoms with Crippen LogP contribution in [0.3, 0.4) is 0 Å². The average Bonchev–Trinajstić information content (AvgIpc) is 3.14. The number of carbonyl (C=O) groups excluding carboxylic acids is 1. The molecule has 1 saturated heterocycles. The van der Waals surface area contributed by atoms with Gasteiger partial charge in [0.15, 0.2) is 0 Å². The molecule has 1 aromatic heterocycles. The molecule has 1 aliphatic carbocycles. The Bertz CT molecular complexity index is 802. The van der Waals surface area contributed by atoms with Crippen LogP contribution < -0.4 is 11.1 Å². The van der Waals surface area contributed by atoms with Gasteiger partial charge in [-0.1, -0.05) is 0 Å². The first-order valence-electron chi connectivity index (χ1n) is 9.51. The predicted octanol–water partition coefficient (Wildman–Crippen LogP) is 3.20. The number of hydrogen-bond acceptors (Lipinski definition) is 5. The van der Waals surface area contributed by atoms with Gasteiger partial charge in [0.05, 0.1) is 22.7 Å². The van der Waals surface area contributed by atoms with Gasteiger partial charge in [-0.25, -0.2) is 9.37 Å². The summed E-state index contributed by atoms with van der Waals surface area (Å²) in [6.45, 7) is 1.35. The lowest BCUT2D eigenvalue weighted by molar-refractivity contribution is -0.125. The number of benzene rings is 1. The summed E-state index contributed by atoms with van der Waals surface area (Å²) >= 11 is 1.58. The molecule has 2 unspecified atom stereocenters. The molecule has 0 spiro atoms. The normalized spacial score (nSPS) is 21.5. The van der Waals surface area contributed by atoms with Gasteiger partial charge in [0.2, 0.25) is 5.91 Å². The lowest BCUT2D eigenvalue weighted by atomic mass is 9.91. The Balaban J connectivity index is 1.49. The van der Waals surface area contributed by atoms with Crippen LogP contribution in [0.1, 0.15) is 42.3 Å². The molecule has 1 aromatic carbocycles. The Morgan fingerprint density at radius 1 is 1.26 bits per heavy atom. The number of nitrogens with two attached hydrogens (primary N) is 1. The number of carbonyl (C=O) groups is 1. The number of fused-ring (bicyclic) bond motifs is 1. The minimum absolute atomic E-state index is 0.0427. The molecule has 2 heterocycles. The van der Waals surface area contributed by atoms with Crippen LogP contribution in [0, 0.1) is 11.7 Å². The molecular weight excluding hydrogens is 365 g/mol. The summed E-state index contributed by atoms with van der Waals surface area (Å²) in [6, 6.07) is 5.84. The fraction of sp³-hybridized carbons (Fsp3) is 0.500. The highest BCUT2D eigenvalue weighted by Gasteiger charge is 2.31. The monoisotopic (exact) mass is 389 g/mol. The second-order valence-corrected chi connectivity index (χ2v) is 8.30. The van der Waals surface area contributed by atoms with Crippen molar-refractivity contribution in [1.82, 2.24) is 10.3 Å².